The Labute approximate surface area is 117 Å². The van der Waals surface area contributed by atoms with Crippen molar-refractivity contribution < 1.29 is 14.9 Å². The van der Waals surface area contributed by atoms with Gasteiger partial charge in [0.05, 0.1) is 24.4 Å². The Balaban J connectivity index is 2.24. The fraction of sp³-hybridized carbons (Fsp3) is 1.00. The van der Waals surface area contributed by atoms with Crippen LogP contribution in [-0.4, -0.2) is 84.2 Å². The number of ether oxygens (including phenoxy) is 1. The lowest BCUT2D eigenvalue weighted by Gasteiger charge is -2.36. The molecule has 5 heteroatoms. The molecule has 19 heavy (non-hydrogen) atoms. The minimum Gasteiger partial charge on any atom is -0.393 e. The van der Waals surface area contributed by atoms with E-state index in [-0.39, 0.29) is 24.4 Å². The van der Waals surface area contributed by atoms with Gasteiger partial charge in [0.1, 0.15) is 0 Å². The first kappa shape index (κ1) is 16.9. The maximum absolute atomic E-state index is 10.1. The average molecular weight is 274 g/mol. The first-order valence-electron chi connectivity index (χ1n) is 7.29. The number of hydrogen-bond donors (Lipinski definition) is 2. The maximum atomic E-state index is 10.1. The molecule has 1 fully saturated rings. The summed E-state index contributed by atoms with van der Waals surface area (Å²) >= 11 is 0. The van der Waals surface area contributed by atoms with Crippen molar-refractivity contribution >= 4 is 0 Å². The van der Waals surface area contributed by atoms with Gasteiger partial charge in [0, 0.05) is 32.7 Å². The van der Waals surface area contributed by atoms with Gasteiger partial charge >= 0.3 is 0 Å². The number of likely N-dealkylation sites (N-methyl/N-ethyl adjacent to an activating group) is 1. The summed E-state index contributed by atoms with van der Waals surface area (Å²) in [5, 5.41) is 19.4. The molecular weight excluding hydrogens is 244 g/mol. The van der Waals surface area contributed by atoms with Gasteiger partial charge in [0.15, 0.2) is 0 Å². The molecule has 0 radical (unpaired) electrons. The van der Waals surface area contributed by atoms with Crippen LogP contribution in [0.25, 0.3) is 0 Å². The van der Waals surface area contributed by atoms with E-state index < -0.39 is 0 Å². The van der Waals surface area contributed by atoms with E-state index in [0.29, 0.717) is 13.1 Å². The van der Waals surface area contributed by atoms with E-state index in [0.717, 1.165) is 26.1 Å². The summed E-state index contributed by atoms with van der Waals surface area (Å²) in [6.45, 7) is 9.86. The van der Waals surface area contributed by atoms with Crippen molar-refractivity contribution in [2.24, 2.45) is 0 Å². The molecule has 4 atom stereocenters. The predicted molar refractivity (Wildman–Crippen MR) is 76.3 cm³/mol. The molecule has 0 aliphatic carbocycles. The molecule has 0 spiro atoms. The molecular formula is C14H30N2O3. The van der Waals surface area contributed by atoms with Crippen molar-refractivity contribution in [1.29, 1.82) is 0 Å². The van der Waals surface area contributed by atoms with Crippen LogP contribution in [0.5, 0.6) is 0 Å². The van der Waals surface area contributed by atoms with Gasteiger partial charge in [0.25, 0.3) is 0 Å². The van der Waals surface area contributed by atoms with Crippen LogP contribution in [0.3, 0.4) is 0 Å². The second kappa shape index (κ2) is 8.17. The molecule has 5 nitrogen and oxygen atoms in total. The first-order valence-corrected chi connectivity index (χ1v) is 7.29. The standard InChI is InChI=1S/C14H30N2O3/c1-11(17)5-6-15(4)9-14(18)10-16-7-12(2)19-13(3)8-16/h11-14,17-18H,5-10H2,1-4H3. The number of rotatable bonds is 7. The predicted octanol–water partition coefficient (Wildman–Crippen LogP) is 0.159. The van der Waals surface area contributed by atoms with E-state index in [1.807, 2.05) is 7.05 Å². The number of hydrogen-bond acceptors (Lipinski definition) is 5. The van der Waals surface area contributed by atoms with Crippen LogP contribution in [0, 0.1) is 0 Å². The van der Waals surface area contributed by atoms with E-state index in [1.54, 1.807) is 6.92 Å². The second-order valence-electron chi connectivity index (χ2n) is 6.03. The largest absolute Gasteiger partial charge is 0.393 e. The fourth-order valence-electron chi connectivity index (χ4n) is 2.65. The Morgan fingerprint density at radius 3 is 2.37 bits per heavy atom. The zero-order valence-electron chi connectivity index (χ0n) is 12.7. The Hall–Kier alpha value is -0.200. The molecule has 0 amide bonds. The topological polar surface area (TPSA) is 56.2 Å². The molecule has 1 rings (SSSR count). The minimum atomic E-state index is -0.350. The van der Waals surface area contributed by atoms with Crippen LogP contribution in [0.4, 0.5) is 0 Å². The fourth-order valence-corrected chi connectivity index (χ4v) is 2.65. The van der Waals surface area contributed by atoms with E-state index in [1.165, 1.54) is 0 Å². The Bertz CT molecular complexity index is 241. The average Bonchev–Trinajstić information content (AvgIpc) is 2.24. The molecule has 1 saturated heterocycles. The molecule has 4 unspecified atom stereocenters. The number of morpholine rings is 1. The summed E-state index contributed by atoms with van der Waals surface area (Å²) < 4.78 is 5.68. The van der Waals surface area contributed by atoms with E-state index >= 15 is 0 Å². The van der Waals surface area contributed by atoms with Gasteiger partial charge < -0.3 is 19.8 Å². The zero-order valence-corrected chi connectivity index (χ0v) is 12.7. The third-order valence-corrected chi connectivity index (χ3v) is 3.42. The van der Waals surface area contributed by atoms with E-state index in [9.17, 15) is 10.2 Å². The molecule has 0 aromatic carbocycles. The Morgan fingerprint density at radius 2 is 1.84 bits per heavy atom. The van der Waals surface area contributed by atoms with Gasteiger partial charge in [-0.3, -0.25) is 4.90 Å². The smallest absolute Gasteiger partial charge is 0.0793 e. The van der Waals surface area contributed by atoms with Crippen LogP contribution in [-0.2, 0) is 4.74 Å². The lowest BCUT2D eigenvalue weighted by molar-refractivity contribution is -0.0777. The van der Waals surface area contributed by atoms with Gasteiger partial charge in [-0.1, -0.05) is 0 Å². The molecule has 1 aliphatic heterocycles. The highest BCUT2D eigenvalue weighted by Gasteiger charge is 2.24. The van der Waals surface area contributed by atoms with Crippen molar-refractivity contribution in [3.8, 4) is 0 Å². The summed E-state index contributed by atoms with van der Waals surface area (Å²) in [6, 6.07) is 0. The molecule has 0 saturated carbocycles. The minimum absolute atomic E-state index is 0.240. The number of aliphatic hydroxyl groups is 2. The highest BCUT2D eigenvalue weighted by atomic mass is 16.5. The van der Waals surface area contributed by atoms with Crippen LogP contribution in [0.2, 0.25) is 0 Å². The third-order valence-electron chi connectivity index (χ3n) is 3.42. The number of aliphatic hydroxyl groups excluding tert-OH is 2. The number of nitrogens with zero attached hydrogens (tertiary/aromatic N) is 2. The van der Waals surface area contributed by atoms with Gasteiger partial charge in [-0.25, -0.2) is 0 Å². The van der Waals surface area contributed by atoms with E-state index in [2.05, 4.69) is 23.6 Å². The van der Waals surface area contributed by atoms with Crippen LogP contribution in [0.1, 0.15) is 27.2 Å². The highest BCUT2D eigenvalue weighted by Crippen LogP contribution is 2.11. The van der Waals surface area contributed by atoms with Crippen LogP contribution >= 0.6 is 0 Å². The molecule has 0 aromatic heterocycles. The summed E-state index contributed by atoms with van der Waals surface area (Å²) in [5.74, 6) is 0. The highest BCUT2D eigenvalue weighted by molar-refractivity contribution is 4.76. The molecule has 0 bridgehead atoms. The third kappa shape index (κ3) is 7.22. The maximum Gasteiger partial charge on any atom is 0.0793 e. The van der Waals surface area contributed by atoms with E-state index in [4.69, 9.17) is 4.74 Å². The van der Waals surface area contributed by atoms with Crippen molar-refractivity contribution in [2.75, 3.05) is 39.8 Å². The van der Waals surface area contributed by atoms with Gasteiger partial charge in [-0.05, 0) is 34.2 Å². The van der Waals surface area contributed by atoms with Gasteiger partial charge in [-0.15, -0.1) is 0 Å². The van der Waals surface area contributed by atoms with Crippen LogP contribution in [0.15, 0.2) is 0 Å². The number of β-amino-alcohol motifs (C(OH)–C–C–N with tert-alkyl or cyclic N) is 1. The monoisotopic (exact) mass is 274 g/mol. The summed E-state index contributed by atoms with van der Waals surface area (Å²) in [4.78, 5) is 4.34. The SMILES string of the molecule is CC(O)CCN(C)CC(O)CN1CC(C)OC(C)C1. The van der Waals surface area contributed by atoms with Gasteiger partial charge in [-0.2, -0.15) is 0 Å². The lowest BCUT2D eigenvalue weighted by atomic mass is 10.2. The summed E-state index contributed by atoms with van der Waals surface area (Å²) in [6.07, 6.45) is 0.597. The second-order valence-corrected chi connectivity index (χ2v) is 6.03. The van der Waals surface area contributed by atoms with Crippen molar-refractivity contribution in [3.63, 3.8) is 0 Å². The summed E-state index contributed by atoms with van der Waals surface area (Å²) in [7, 11) is 1.98. The Morgan fingerprint density at radius 1 is 1.26 bits per heavy atom. The van der Waals surface area contributed by atoms with Crippen molar-refractivity contribution in [2.45, 2.75) is 51.6 Å². The van der Waals surface area contributed by atoms with Crippen molar-refractivity contribution in [1.82, 2.24) is 9.80 Å². The lowest BCUT2D eigenvalue weighted by Crippen LogP contribution is -2.49. The molecule has 1 heterocycles. The van der Waals surface area contributed by atoms with Gasteiger partial charge in [0.2, 0.25) is 0 Å². The van der Waals surface area contributed by atoms with Crippen LogP contribution < -0.4 is 0 Å². The Kier molecular flexibility index (Phi) is 7.25. The summed E-state index contributed by atoms with van der Waals surface area (Å²) in [5.41, 5.74) is 0. The molecule has 1 aliphatic rings. The van der Waals surface area contributed by atoms with Crippen molar-refractivity contribution in [3.05, 3.63) is 0 Å². The molecule has 0 aromatic rings. The molecule has 114 valence electrons. The molecule has 2 N–H and O–H groups in total. The zero-order chi connectivity index (χ0) is 14.4. The first-order chi connectivity index (χ1) is 8.86. The quantitative estimate of drug-likeness (QED) is 0.692. The normalized spacial score (nSPS) is 28.6.